The minimum Gasteiger partial charge on any atom is -0.452 e. The third kappa shape index (κ3) is 5.16. The highest BCUT2D eigenvalue weighted by molar-refractivity contribution is 7.10. The van der Waals surface area contributed by atoms with E-state index in [0.29, 0.717) is 5.69 Å². The molecule has 0 aliphatic rings. The SMILES string of the molecule is O=C(COC(=O)/C=C/c1cccs1)Nc1ccc(-c2ccccc2)cc1. The van der Waals surface area contributed by atoms with Gasteiger partial charge in [0, 0.05) is 16.6 Å². The average Bonchev–Trinajstić information content (AvgIpc) is 3.20. The van der Waals surface area contributed by atoms with Gasteiger partial charge in [-0.05, 0) is 40.8 Å². The first-order valence-electron chi connectivity index (χ1n) is 8.04. The first kappa shape index (κ1) is 17.6. The average molecular weight is 363 g/mol. The summed E-state index contributed by atoms with van der Waals surface area (Å²) in [6.07, 6.45) is 2.97. The topological polar surface area (TPSA) is 55.4 Å². The van der Waals surface area contributed by atoms with Gasteiger partial charge in [0.2, 0.25) is 0 Å². The molecule has 0 unspecified atom stereocenters. The molecule has 130 valence electrons. The number of thiophene rings is 1. The summed E-state index contributed by atoms with van der Waals surface area (Å²) in [7, 11) is 0. The molecule has 3 aromatic rings. The van der Waals surface area contributed by atoms with E-state index in [1.165, 1.54) is 17.4 Å². The van der Waals surface area contributed by atoms with Crippen LogP contribution in [-0.4, -0.2) is 18.5 Å². The molecule has 5 heteroatoms. The molecule has 26 heavy (non-hydrogen) atoms. The van der Waals surface area contributed by atoms with Crippen LogP contribution in [0.5, 0.6) is 0 Å². The Labute approximate surface area is 155 Å². The van der Waals surface area contributed by atoms with Crippen LogP contribution < -0.4 is 5.32 Å². The van der Waals surface area contributed by atoms with Gasteiger partial charge in [-0.2, -0.15) is 0 Å². The quantitative estimate of drug-likeness (QED) is 0.514. The fourth-order valence-electron chi connectivity index (χ4n) is 2.29. The summed E-state index contributed by atoms with van der Waals surface area (Å²) in [5.41, 5.74) is 2.82. The van der Waals surface area contributed by atoms with Crippen molar-refractivity contribution >= 4 is 35.0 Å². The van der Waals surface area contributed by atoms with Crippen LogP contribution in [0.15, 0.2) is 78.2 Å². The van der Waals surface area contributed by atoms with Gasteiger partial charge in [0.25, 0.3) is 5.91 Å². The molecule has 0 saturated carbocycles. The van der Waals surface area contributed by atoms with E-state index >= 15 is 0 Å². The lowest BCUT2D eigenvalue weighted by Crippen LogP contribution is -2.20. The number of benzene rings is 2. The van der Waals surface area contributed by atoms with Gasteiger partial charge in [-0.1, -0.05) is 48.5 Å². The first-order chi connectivity index (χ1) is 12.7. The van der Waals surface area contributed by atoms with E-state index < -0.39 is 5.97 Å². The summed E-state index contributed by atoms with van der Waals surface area (Å²) in [6.45, 7) is -0.325. The van der Waals surface area contributed by atoms with Crippen LogP contribution in [0.25, 0.3) is 17.2 Å². The van der Waals surface area contributed by atoms with E-state index in [-0.39, 0.29) is 12.5 Å². The van der Waals surface area contributed by atoms with Crippen LogP contribution in [0, 0.1) is 0 Å². The lowest BCUT2D eigenvalue weighted by Gasteiger charge is -2.07. The molecule has 0 radical (unpaired) electrons. The first-order valence-corrected chi connectivity index (χ1v) is 8.92. The normalized spacial score (nSPS) is 10.6. The van der Waals surface area contributed by atoms with E-state index in [9.17, 15) is 9.59 Å². The van der Waals surface area contributed by atoms with Gasteiger partial charge < -0.3 is 10.1 Å². The van der Waals surface area contributed by atoms with Crippen molar-refractivity contribution in [1.82, 2.24) is 0 Å². The van der Waals surface area contributed by atoms with Crippen molar-refractivity contribution < 1.29 is 14.3 Å². The minimum absolute atomic E-state index is 0.325. The van der Waals surface area contributed by atoms with Crippen molar-refractivity contribution in [3.63, 3.8) is 0 Å². The maximum absolute atomic E-state index is 11.9. The molecule has 4 nitrogen and oxygen atoms in total. The predicted octanol–water partition coefficient (Wildman–Crippen LogP) is 4.61. The summed E-state index contributed by atoms with van der Waals surface area (Å²) < 4.78 is 4.93. The number of ether oxygens (including phenoxy) is 1. The van der Waals surface area contributed by atoms with Crippen molar-refractivity contribution in [2.75, 3.05) is 11.9 Å². The highest BCUT2D eigenvalue weighted by Gasteiger charge is 2.06. The zero-order chi connectivity index (χ0) is 18.2. The minimum atomic E-state index is -0.548. The van der Waals surface area contributed by atoms with Crippen LogP contribution in [0.3, 0.4) is 0 Å². The summed E-state index contributed by atoms with van der Waals surface area (Å²) in [6, 6.07) is 21.3. The summed E-state index contributed by atoms with van der Waals surface area (Å²) in [5, 5.41) is 4.63. The third-order valence-corrected chi connectivity index (χ3v) is 4.39. The smallest absolute Gasteiger partial charge is 0.331 e. The Bertz CT molecular complexity index is 885. The van der Waals surface area contributed by atoms with Gasteiger partial charge in [-0.3, -0.25) is 4.79 Å². The summed E-state index contributed by atoms with van der Waals surface area (Å²) >= 11 is 1.52. The molecule has 1 aromatic heterocycles. The lowest BCUT2D eigenvalue weighted by molar-refractivity contribution is -0.142. The van der Waals surface area contributed by atoms with Crippen molar-refractivity contribution in [2.24, 2.45) is 0 Å². The second-order valence-corrected chi connectivity index (χ2v) is 6.43. The molecule has 0 spiro atoms. The van der Waals surface area contributed by atoms with E-state index in [2.05, 4.69) is 5.32 Å². The van der Waals surface area contributed by atoms with Crippen LogP contribution in [-0.2, 0) is 14.3 Å². The molecular weight excluding hydrogens is 346 g/mol. The summed E-state index contributed by atoms with van der Waals surface area (Å²) in [5.74, 6) is -0.927. The Balaban J connectivity index is 1.48. The largest absolute Gasteiger partial charge is 0.452 e. The number of hydrogen-bond acceptors (Lipinski definition) is 4. The maximum Gasteiger partial charge on any atom is 0.331 e. The van der Waals surface area contributed by atoms with Gasteiger partial charge in [0.05, 0.1) is 0 Å². The van der Waals surface area contributed by atoms with E-state index in [1.807, 2.05) is 72.1 Å². The molecular formula is C21H17NO3S. The number of rotatable bonds is 6. The molecule has 1 amide bonds. The standard InChI is InChI=1S/C21H17NO3S/c23-20(15-25-21(24)13-12-19-7-4-14-26-19)22-18-10-8-17(9-11-18)16-5-2-1-3-6-16/h1-14H,15H2,(H,22,23)/b13-12+. The van der Waals surface area contributed by atoms with Gasteiger partial charge in [-0.25, -0.2) is 4.79 Å². The van der Waals surface area contributed by atoms with Crippen molar-refractivity contribution in [3.8, 4) is 11.1 Å². The number of amides is 1. The van der Waals surface area contributed by atoms with Gasteiger partial charge in [-0.15, -0.1) is 11.3 Å². The Kier molecular flexibility index (Phi) is 5.96. The van der Waals surface area contributed by atoms with Crippen LogP contribution in [0.1, 0.15) is 4.88 Å². The fraction of sp³-hybridized carbons (Fsp3) is 0.0476. The van der Waals surface area contributed by atoms with Crippen LogP contribution in [0.2, 0.25) is 0 Å². The van der Waals surface area contributed by atoms with Gasteiger partial charge in [0.1, 0.15) is 0 Å². The zero-order valence-electron chi connectivity index (χ0n) is 13.9. The number of esters is 1. The number of hydrogen-bond donors (Lipinski definition) is 1. The van der Waals surface area contributed by atoms with Crippen LogP contribution >= 0.6 is 11.3 Å². The van der Waals surface area contributed by atoms with Crippen LogP contribution in [0.4, 0.5) is 5.69 Å². The maximum atomic E-state index is 11.9. The van der Waals surface area contributed by atoms with E-state index in [4.69, 9.17) is 4.74 Å². The Hall–Kier alpha value is -3.18. The zero-order valence-corrected chi connectivity index (χ0v) is 14.7. The molecule has 0 aliphatic heterocycles. The molecule has 0 fully saturated rings. The molecule has 0 atom stereocenters. The van der Waals surface area contributed by atoms with Crippen molar-refractivity contribution in [1.29, 1.82) is 0 Å². The molecule has 3 rings (SSSR count). The Morgan fingerprint density at radius 3 is 2.35 bits per heavy atom. The predicted molar refractivity (Wildman–Crippen MR) is 105 cm³/mol. The highest BCUT2D eigenvalue weighted by Crippen LogP contribution is 2.20. The van der Waals surface area contributed by atoms with E-state index in [0.717, 1.165) is 16.0 Å². The molecule has 1 N–H and O–H groups in total. The lowest BCUT2D eigenvalue weighted by atomic mass is 10.1. The van der Waals surface area contributed by atoms with Crippen molar-refractivity contribution in [3.05, 3.63) is 83.1 Å². The second kappa shape index (κ2) is 8.78. The number of carbonyl (C=O) groups excluding carboxylic acids is 2. The molecule has 0 bridgehead atoms. The monoisotopic (exact) mass is 363 g/mol. The highest BCUT2D eigenvalue weighted by atomic mass is 32.1. The molecule has 1 heterocycles. The third-order valence-electron chi connectivity index (χ3n) is 3.55. The Morgan fingerprint density at radius 1 is 0.923 bits per heavy atom. The fourth-order valence-corrected chi connectivity index (χ4v) is 2.91. The second-order valence-electron chi connectivity index (χ2n) is 5.45. The Morgan fingerprint density at radius 2 is 1.65 bits per heavy atom. The number of carbonyl (C=O) groups is 2. The molecule has 0 saturated heterocycles. The summed E-state index contributed by atoms with van der Waals surface area (Å²) in [4.78, 5) is 24.5. The molecule has 0 aliphatic carbocycles. The molecule has 2 aromatic carbocycles. The van der Waals surface area contributed by atoms with Crippen molar-refractivity contribution in [2.45, 2.75) is 0 Å². The van der Waals surface area contributed by atoms with Gasteiger partial charge in [0.15, 0.2) is 6.61 Å². The van der Waals surface area contributed by atoms with E-state index in [1.54, 1.807) is 6.08 Å². The van der Waals surface area contributed by atoms with Gasteiger partial charge >= 0.3 is 5.97 Å². The number of anilines is 1. The number of nitrogens with one attached hydrogen (secondary N) is 1.